The fourth-order valence-electron chi connectivity index (χ4n) is 9.32. The van der Waals surface area contributed by atoms with Gasteiger partial charge in [0.05, 0.1) is 56.4 Å². The number of para-hydroxylation sites is 4. The molecular weight excluding hydrogens is 653 g/mol. The minimum Gasteiger partial charge on any atom is -0.309 e. The highest BCUT2D eigenvalue weighted by atomic mass is 32.2. The van der Waals surface area contributed by atoms with E-state index >= 15 is 0 Å². The van der Waals surface area contributed by atoms with Gasteiger partial charge >= 0.3 is 0 Å². The van der Waals surface area contributed by atoms with Crippen LogP contribution in [0.1, 0.15) is 22.3 Å². The van der Waals surface area contributed by atoms with Crippen LogP contribution in [-0.2, 0) is 5.41 Å². The number of aromatic nitrogens is 4. The molecule has 1 aliphatic carbocycles. The van der Waals surface area contributed by atoms with E-state index in [4.69, 9.17) is 9.97 Å². The lowest BCUT2D eigenvalue weighted by molar-refractivity contribution is 0.712. The second kappa shape index (κ2) is 10.3. The van der Waals surface area contributed by atoms with E-state index in [1.165, 1.54) is 75.8 Å². The van der Waals surface area contributed by atoms with Gasteiger partial charge in [-0.2, -0.15) is 0 Å². The highest BCUT2D eigenvalue weighted by Gasteiger charge is 2.53. The molecule has 6 aromatic carbocycles. The summed E-state index contributed by atoms with van der Waals surface area (Å²) in [5, 5.41) is 4.96. The first kappa shape index (κ1) is 28.3. The lowest BCUT2D eigenvalue weighted by Crippen LogP contribution is -2.33. The minimum atomic E-state index is -0.680. The number of hydrogen-bond acceptors (Lipinski definition) is 3. The Hall–Kier alpha value is -6.43. The van der Waals surface area contributed by atoms with Gasteiger partial charge in [-0.05, 0) is 65.7 Å². The molecule has 0 saturated carbocycles. The first-order valence-corrected chi connectivity index (χ1v) is 18.5. The van der Waals surface area contributed by atoms with Gasteiger partial charge in [0, 0.05) is 48.7 Å². The van der Waals surface area contributed by atoms with Gasteiger partial charge in [0.25, 0.3) is 0 Å². The van der Waals surface area contributed by atoms with Crippen LogP contribution in [0.5, 0.6) is 0 Å². The summed E-state index contributed by atoms with van der Waals surface area (Å²) in [6.45, 7) is 0. The quantitative estimate of drug-likeness (QED) is 0.182. The van der Waals surface area contributed by atoms with Crippen molar-refractivity contribution >= 4 is 55.4 Å². The van der Waals surface area contributed by atoms with Crippen molar-refractivity contribution in [2.75, 3.05) is 0 Å². The number of benzene rings is 6. The third-order valence-corrected chi connectivity index (χ3v) is 12.4. The van der Waals surface area contributed by atoms with E-state index in [-0.39, 0.29) is 0 Å². The Morgan fingerprint density at radius 2 is 0.981 bits per heavy atom. The predicted octanol–water partition coefficient (Wildman–Crippen LogP) is 11.5. The van der Waals surface area contributed by atoms with Gasteiger partial charge in [-0.3, -0.25) is 9.97 Å². The number of nitrogens with zero attached hydrogens (tertiary/aromatic N) is 4. The minimum absolute atomic E-state index is 0.680. The smallest absolute Gasteiger partial charge is 0.0939 e. The molecule has 2 aliphatic rings. The molecule has 52 heavy (non-hydrogen) atoms. The normalized spacial score (nSPS) is 15.7. The fourth-order valence-corrected chi connectivity index (χ4v) is 10.5. The van der Waals surface area contributed by atoms with E-state index in [0.29, 0.717) is 0 Å². The molecule has 10 aromatic rings. The topological polar surface area (TPSA) is 35.6 Å². The summed E-state index contributed by atoms with van der Waals surface area (Å²) in [7, 11) is 0. The zero-order valence-corrected chi connectivity index (χ0v) is 28.7. The van der Waals surface area contributed by atoms with Crippen molar-refractivity contribution in [2.24, 2.45) is 0 Å². The predicted molar refractivity (Wildman–Crippen MR) is 212 cm³/mol. The first-order chi connectivity index (χ1) is 25.8. The molecule has 0 saturated heterocycles. The van der Waals surface area contributed by atoms with Crippen LogP contribution in [0, 0.1) is 0 Å². The summed E-state index contributed by atoms with van der Waals surface area (Å²) in [5.41, 5.74) is 13.0. The molecule has 242 valence electrons. The molecule has 1 spiro atoms. The Labute approximate surface area is 303 Å². The van der Waals surface area contributed by atoms with Gasteiger partial charge in [-0.25, -0.2) is 0 Å². The molecule has 1 atom stereocenters. The van der Waals surface area contributed by atoms with Crippen molar-refractivity contribution in [2.45, 2.75) is 15.2 Å². The van der Waals surface area contributed by atoms with Crippen LogP contribution < -0.4 is 0 Å². The van der Waals surface area contributed by atoms with E-state index in [2.05, 4.69) is 167 Å². The largest absolute Gasteiger partial charge is 0.309 e. The molecular formula is C47H28N4S. The van der Waals surface area contributed by atoms with E-state index in [9.17, 15) is 0 Å². The van der Waals surface area contributed by atoms with Crippen LogP contribution in [-0.4, -0.2) is 19.1 Å². The van der Waals surface area contributed by atoms with Gasteiger partial charge in [0.2, 0.25) is 0 Å². The monoisotopic (exact) mass is 680 g/mol. The molecule has 0 fully saturated rings. The molecule has 1 aliphatic heterocycles. The van der Waals surface area contributed by atoms with Crippen LogP contribution in [0.3, 0.4) is 0 Å². The van der Waals surface area contributed by atoms with Crippen LogP contribution in [0.25, 0.3) is 66.4 Å². The fraction of sp³-hybridized carbons (Fsp3) is 0.0213. The number of pyridine rings is 2. The molecule has 0 amide bonds. The van der Waals surface area contributed by atoms with Crippen molar-refractivity contribution in [3.8, 4) is 22.8 Å². The Morgan fingerprint density at radius 1 is 0.442 bits per heavy atom. The molecule has 1 unspecified atom stereocenters. The van der Waals surface area contributed by atoms with Crippen LogP contribution in [0.2, 0.25) is 0 Å². The van der Waals surface area contributed by atoms with Crippen molar-refractivity contribution < 1.29 is 0 Å². The van der Waals surface area contributed by atoms with Gasteiger partial charge in [-0.15, -0.1) is 0 Å². The SMILES string of the molecule is c1ccc2c(c1)Sc1cccc(-n3c4ccccc4c4ccccc43)c1C21c2cccnc2-c2ncc(-n3c4ccccc4c4ccccc43)cc21. The molecule has 0 bridgehead atoms. The number of rotatable bonds is 2. The molecule has 5 heteroatoms. The standard InChI is InChI=1S/C47H28N4S/c1-6-19-37-30(13-1)31-14-2-7-20-38(31)50(37)29-27-36-46(49-28-29)45-35(18-12-26-48-45)47(36)34-17-5-10-24-42(34)52-43-25-11-23-41(44(43)47)51-39-21-8-3-15-32(39)33-16-4-9-22-40(33)51/h1-28H. The third-order valence-electron chi connectivity index (χ3n) is 11.3. The van der Waals surface area contributed by atoms with Gasteiger partial charge in [0.15, 0.2) is 0 Å². The second-order valence-electron chi connectivity index (χ2n) is 13.7. The van der Waals surface area contributed by atoms with E-state index in [1.54, 1.807) is 0 Å². The summed E-state index contributed by atoms with van der Waals surface area (Å²) in [5.74, 6) is 0. The molecule has 0 N–H and O–H groups in total. The maximum Gasteiger partial charge on any atom is 0.0939 e. The molecule has 12 rings (SSSR count). The summed E-state index contributed by atoms with van der Waals surface area (Å²) >= 11 is 1.86. The molecule has 4 nitrogen and oxygen atoms in total. The van der Waals surface area contributed by atoms with Gasteiger partial charge in [-0.1, -0.05) is 115 Å². The molecule has 5 heterocycles. The molecule has 4 aromatic heterocycles. The number of hydrogen-bond donors (Lipinski definition) is 0. The Morgan fingerprint density at radius 3 is 1.65 bits per heavy atom. The van der Waals surface area contributed by atoms with E-state index in [0.717, 1.165) is 22.6 Å². The van der Waals surface area contributed by atoms with E-state index < -0.39 is 5.41 Å². The Kier molecular flexibility index (Phi) is 5.61. The lowest BCUT2D eigenvalue weighted by atomic mass is 9.67. The summed E-state index contributed by atoms with van der Waals surface area (Å²) < 4.78 is 4.86. The maximum absolute atomic E-state index is 5.36. The first-order valence-electron chi connectivity index (χ1n) is 17.7. The average Bonchev–Trinajstić information content (AvgIpc) is 3.82. The van der Waals surface area contributed by atoms with Crippen molar-refractivity contribution in [3.05, 3.63) is 192 Å². The molecule has 0 radical (unpaired) electrons. The highest BCUT2D eigenvalue weighted by molar-refractivity contribution is 7.99. The van der Waals surface area contributed by atoms with Gasteiger partial charge < -0.3 is 9.13 Å². The van der Waals surface area contributed by atoms with Gasteiger partial charge in [0.1, 0.15) is 0 Å². The van der Waals surface area contributed by atoms with Crippen LogP contribution in [0.15, 0.2) is 180 Å². The summed E-state index contributed by atoms with van der Waals surface area (Å²) in [6, 6.07) is 57.5. The van der Waals surface area contributed by atoms with E-state index in [1.807, 2.05) is 24.2 Å². The number of fused-ring (bicyclic) bond motifs is 15. The van der Waals surface area contributed by atoms with Crippen molar-refractivity contribution in [3.63, 3.8) is 0 Å². The third kappa shape index (κ3) is 3.48. The maximum atomic E-state index is 5.36. The van der Waals surface area contributed by atoms with Crippen molar-refractivity contribution in [1.82, 2.24) is 19.1 Å². The lowest BCUT2D eigenvalue weighted by Gasteiger charge is -2.40. The highest BCUT2D eigenvalue weighted by Crippen LogP contribution is 2.63. The zero-order valence-electron chi connectivity index (χ0n) is 27.9. The average molecular weight is 681 g/mol. The second-order valence-corrected chi connectivity index (χ2v) is 14.8. The van der Waals surface area contributed by atoms with Crippen LogP contribution in [0.4, 0.5) is 0 Å². The summed E-state index contributed by atoms with van der Waals surface area (Å²) in [6.07, 6.45) is 3.95. The summed E-state index contributed by atoms with van der Waals surface area (Å²) in [4.78, 5) is 12.9. The van der Waals surface area contributed by atoms with Crippen molar-refractivity contribution in [1.29, 1.82) is 0 Å². The van der Waals surface area contributed by atoms with Crippen LogP contribution >= 0.6 is 11.8 Å². The Balaban J connectivity index is 1.25. The Bertz CT molecular complexity index is 3030. The zero-order chi connectivity index (χ0) is 34.0.